The number of aromatic nitrogens is 1. The van der Waals surface area contributed by atoms with Crippen molar-refractivity contribution in [2.45, 2.75) is 26.9 Å². The molecule has 5 nitrogen and oxygen atoms in total. The molecule has 1 fully saturated rings. The molecule has 2 unspecified atom stereocenters. The number of carbonyl (C=O) groups excluding carboxylic acids is 1. The van der Waals surface area contributed by atoms with E-state index in [0.29, 0.717) is 6.54 Å². The molecule has 1 aliphatic heterocycles. The van der Waals surface area contributed by atoms with Gasteiger partial charge in [-0.25, -0.2) is 4.98 Å². The fourth-order valence-corrected chi connectivity index (χ4v) is 2.56. The van der Waals surface area contributed by atoms with E-state index < -0.39 is 0 Å². The van der Waals surface area contributed by atoms with E-state index >= 15 is 0 Å². The predicted molar refractivity (Wildman–Crippen MR) is 76.9 cm³/mol. The van der Waals surface area contributed by atoms with E-state index in [1.807, 2.05) is 26.0 Å². The van der Waals surface area contributed by atoms with Crippen molar-refractivity contribution < 1.29 is 14.3 Å². The quantitative estimate of drug-likeness (QED) is 0.790. The molecule has 5 heteroatoms. The summed E-state index contributed by atoms with van der Waals surface area (Å²) in [7, 11) is 1.44. The number of hydrogen-bond donors (Lipinski definition) is 0. The molecule has 0 amide bonds. The van der Waals surface area contributed by atoms with Crippen LogP contribution < -0.4 is 9.64 Å². The smallest absolute Gasteiger partial charge is 0.310 e. The van der Waals surface area contributed by atoms with Crippen LogP contribution in [0.2, 0.25) is 0 Å². The second-order valence-corrected chi connectivity index (χ2v) is 5.50. The lowest BCUT2D eigenvalue weighted by Gasteiger charge is -2.21. The minimum Gasteiger partial charge on any atom is -0.487 e. The van der Waals surface area contributed by atoms with Crippen molar-refractivity contribution in [3.63, 3.8) is 0 Å². The normalized spacial score (nSPS) is 22.1. The first kappa shape index (κ1) is 14.6. The Morgan fingerprint density at radius 3 is 2.85 bits per heavy atom. The molecular weight excluding hydrogens is 256 g/mol. The highest BCUT2D eigenvalue weighted by Crippen LogP contribution is 2.33. The number of rotatable bonds is 4. The molecule has 1 aromatic rings. The Morgan fingerprint density at radius 2 is 2.20 bits per heavy atom. The van der Waals surface area contributed by atoms with E-state index in [9.17, 15) is 4.79 Å². The Morgan fingerprint density at radius 1 is 1.45 bits per heavy atom. The highest BCUT2D eigenvalue weighted by molar-refractivity contribution is 5.74. The summed E-state index contributed by atoms with van der Waals surface area (Å²) in [5.41, 5.74) is 0. The maximum atomic E-state index is 11.8. The average molecular weight is 278 g/mol. The zero-order valence-electron chi connectivity index (χ0n) is 12.5. The third-order valence-electron chi connectivity index (χ3n) is 3.53. The molecule has 110 valence electrons. The zero-order valence-corrected chi connectivity index (χ0v) is 12.5. The van der Waals surface area contributed by atoms with Gasteiger partial charge in [0.25, 0.3) is 0 Å². The lowest BCUT2D eigenvalue weighted by Crippen LogP contribution is -2.25. The fraction of sp³-hybridized carbons (Fsp3) is 0.600. The van der Waals surface area contributed by atoms with Crippen LogP contribution in [0.3, 0.4) is 0 Å². The van der Waals surface area contributed by atoms with Gasteiger partial charge in [0, 0.05) is 19.3 Å². The third-order valence-corrected chi connectivity index (χ3v) is 3.53. The van der Waals surface area contributed by atoms with E-state index in [0.717, 1.165) is 18.1 Å². The van der Waals surface area contributed by atoms with Gasteiger partial charge < -0.3 is 14.4 Å². The molecule has 2 rings (SSSR count). The van der Waals surface area contributed by atoms with Crippen molar-refractivity contribution in [2.24, 2.45) is 11.8 Å². The summed E-state index contributed by atoms with van der Waals surface area (Å²) in [6.07, 6.45) is 1.84. The van der Waals surface area contributed by atoms with Crippen molar-refractivity contribution in [1.82, 2.24) is 4.98 Å². The van der Waals surface area contributed by atoms with Crippen LogP contribution >= 0.6 is 0 Å². The van der Waals surface area contributed by atoms with E-state index in [-0.39, 0.29) is 23.9 Å². The summed E-state index contributed by atoms with van der Waals surface area (Å²) in [5.74, 6) is 1.56. The molecular formula is C15H22N2O3. The first-order valence-electron chi connectivity index (χ1n) is 6.97. The first-order chi connectivity index (χ1) is 9.52. The highest BCUT2D eigenvalue weighted by Gasteiger charge is 2.37. The van der Waals surface area contributed by atoms with Crippen LogP contribution in [0.15, 0.2) is 18.3 Å². The molecule has 1 aromatic heterocycles. The molecule has 2 heterocycles. The van der Waals surface area contributed by atoms with Gasteiger partial charge >= 0.3 is 5.97 Å². The molecule has 0 aromatic carbocycles. The van der Waals surface area contributed by atoms with Gasteiger partial charge in [-0.3, -0.25) is 4.79 Å². The summed E-state index contributed by atoms with van der Waals surface area (Å²) >= 11 is 0. The molecule has 1 aliphatic rings. The molecule has 0 aliphatic carbocycles. The minimum atomic E-state index is -0.151. The van der Waals surface area contributed by atoms with Crippen molar-refractivity contribution in [1.29, 1.82) is 0 Å². The van der Waals surface area contributed by atoms with Gasteiger partial charge in [-0.1, -0.05) is 6.92 Å². The molecule has 0 saturated carbocycles. The largest absolute Gasteiger partial charge is 0.487 e. The van der Waals surface area contributed by atoms with Gasteiger partial charge in [-0.2, -0.15) is 0 Å². The van der Waals surface area contributed by atoms with Gasteiger partial charge in [0.15, 0.2) is 11.6 Å². The van der Waals surface area contributed by atoms with Crippen LogP contribution in [0, 0.1) is 11.8 Å². The Balaban J connectivity index is 2.19. The Labute approximate surface area is 119 Å². The van der Waals surface area contributed by atoms with Crippen molar-refractivity contribution in [2.75, 3.05) is 25.1 Å². The lowest BCUT2D eigenvalue weighted by atomic mass is 9.99. The maximum absolute atomic E-state index is 11.8. The number of pyridine rings is 1. The van der Waals surface area contributed by atoms with Crippen LogP contribution in [0.5, 0.6) is 5.75 Å². The van der Waals surface area contributed by atoms with Gasteiger partial charge in [-0.05, 0) is 31.9 Å². The second kappa shape index (κ2) is 6.11. The van der Waals surface area contributed by atoms with Gasteiger partial charge in [0.1, 0.15) is 0 Å². The molecule has 2 atom stereocenters. The van der Waals surface area contributed by atoms with Crippen LogP contribution in [0.25, 0.3) is 0 Å². The number of ether oxygens (including phenoxy) is 2. The van der Waals surface area contributed by atoms with Crippen LogP contribution in [-0.2, 0) is 9.53 Å². The lowest BCUT2D eigenvalue weighted by molar-refractivity contribution is -0.145. The zero-order chi connectivity index (χ0) is 14.7. The van der Waals surface area contributed by atoms with E-state index in [1.165, 1.54) is 7.11 Å². The van der Waals surface area contributed by atoms with Gasteiger partial charge in [0.2, 0.25) is 0 Å². The summed E-state index contributed by atoms with van der Waals surface area (Å²) in [6.45, 7) is 7.44. The van der Waals surface area contributed by atoms with Crippen LogP contribution in [-0.4, -0.2) is 37.3 Å². The average Bonchev–Trinajstić information content (AvgIpc) is 2.80. The standard InChI is InChI=1S/C15H22N2O3/c1-10(2)20-13-6-5-7-16-14(13)17-8-11(3)12(9-17)15(18)19-4/h5-7,10-12H,8-9H2,1-4H3. The number of methoxy groups -OCH3 is 1. The van der Waals surface area contributed by atoms with Gasteiger partial charge in [-0.15, -0.1) is 0 Å². The third kappa shape index (κ3) is 3.03. The first-order valence-corrected chi connectivity index (χ1v) is 6.97. The SMILES string of the molecule is COC(=O)C1CN(c2ncccc2OC(C)C)CC1C. The summed E-state index contributed by atoms with van der Waals surface area (Å²) < 4.78 is 10.7. The van der Waals surface area contributed by atoms with Gasteiger partial charge in [0.05, 0.1) is 19.1 Å². The van der Waals surface area contributed by atoms with Crippen molar-refractivity contribution >= 4 is 11.8 Å². The second-order valence-electron chi connectivity index (χ2n) is 5.50. The number of carbonyl (C=O) groups is 1. The molecule has 1 saturated heterocycles. The van der Waals surface area contributed by atoms with E-state index in [1.54, 1.807) is 6.20 Å². The van der Waals surface area contributed by atoms with Crippen molar-refractivity contribution in [3.05, 3.63) is 18.3 Å². The Hall–Kier alpha value is -1.78. The number of nitrogens with zero attached hydrogens (tertiary/aromatic N) is 2. The number of esters is 1. The number of hydrogen-bond acceptors (Lipinski definition) is 5. The van der Waals surface area contributed by atoms with E-state index in [2.05, 4.69) is 16.8 Å². The maximum Gasteiger partial charge on any atom is 0.310 e. The summed E-state index contributed by atoms with van der Waals surface area (Å²) in [6, 6.07) is 3.77. The summed E-state index contributed by atoms with van der Waals surface area (Å²) in [4.78, 5) is 18.3. The molecule has 0 N–H and O–H groups in total. The fourth-order valence-electron chi connectivity index (χ4n) is 2.56. The van der Waals surface area contributed by atoms with Crippen LogP contribution in [0.1, 0.15) is 20.8 Å². The van der Waals surface area contributed by atoms with E-state index in [4.69, 9.17) is 9.47 Å². The van der Waals surface area contributed by atoms with Crippen molar-refractivity contribution in [3.8, 4) is 5.75 Å². The monoisotopic (exact) mass is 278 g/mol. The molecule has 0 spiro atoms. The summed E-state index contributed by atoms with van der Waals surface area (Å²) in [5, 5.41) is 0. The number of anilines is 1. The topological polar surface area (TPSA) is 51.7 Å². The highest BCUT2D eigenvalue weighted by atomic mass is 16.5. The predicted octanol–water partition coefficient (Wildman–Crippen LogP) is 2.11. The Bertz CT molecular complexity index is 476. The van der Waals surface area contributed by atoms with Crippen LogP contribution in [0.4, 0.5) is 5.82 Å². The molecule has 20 heavy (non-hydrogen) atoms. The molecule has 0 radical (unpaired) electrons. The Kier molecular flexibility index (Phi) is 4.47. The molecule has 0 bridgehead atoms. The minimum absolute atomic E-state index is 0.0920.